The molecule has 1 saturated heterocycles. The van der Waals surface area contributed by atoms with E-state index in [1.54, 1.807) is 16.4 Å². The van der Waals surface area contributed by atoms with Gasteiger partial charge in [-0.25, -0.2) is 4.79 Å². The van der Waals surface area contributed by atoms with Crippen LogP contribution in [0.3, 0.4) is 0 Å². The van der Waals surface area contributed by atoms with Crippen molar-refractivity contribution in [3.8, 4) is 0 Å². The third-order valence-electron chi connectivity index (χ3n) is 3.40. The Kier molecular flexibility index (Phi) is 5.14. The highest BCUT2D eigenvalue weighted by atomic mass is 32.1. The van der Waals surface area contributed by atoms with Gasteiger partial charge >= 0.3 is 6.16 Å². The van der Waals surface area contributed by atoms with Gasteiger partial charge in [0, 0.05) is 0 Å². The van der Waals surface area contributed by atoms with Crippen LogP contribution in [0.15, 0.2) is 16.8 Å². The number of carbonyl (C=O) groups is 1. The number of hydroxylamine groups is 2. The first-order valence-electron chi connectivity index (χ1n) is 7.53. The summed E-state index contributed by atoms with van der Waals surface area (Å²) in [7, 11) is 0. The molecule has 1 atom stereocenters. The number of thiophene rings is 1. The third-order valence-corrected chi connectivity index (χ3v) is 4.13. The Morgan fingerprint density at radius 1 is 1.50 bits per heavy atom. The molecule has 0 aliphatic carbocycles. The first-order chi connectivity index (χ1) is 10.2. The Balaban J connectivity index is 1.95. The van der Waals surface area contributed by atoms with Crippen LogP contribution in [0.2, 0.25) is 0 Å². The molecule has 0 amide bonds. The summed E-state index contributed by atoms with van der Waals surface area (Å²) in [5.74, 6) is 0. The van der Waals surface area contributed by atoms with E-state index in [9.17, 15) is 4.79 Å². The molecule has 0 spiro atoms. The van der Waals surface area contributed by atoms with E-state index in [0.717, 1.165) is 12.8 Å². The Morgan fingerprint density at radius 2 is 2.23 bits per heavy atom. The smallest absolute Gasteiger partial charge is 0.427 e. The Bertz CT molecular complexity index is 493. The predicted molar refractivity (Wildman–Crippen MR) is 85.6 cm³/mol. The second kappa shape index (κ2) is 6.56. The van der Waals surface area contributed by atoms with Crippen LogP contribution in [-0.2, 0) is 20.7 Å². The Morgan fingerprint density at radius 3 is 2.82 bits per heavy atom. The van der Waals surface area contributed by atoms with Gasteiger partial charge in [-0.15, -0.1) is 5.06 Å². The van der Waals surface area contributed by atoms with Crippen LogP contribution >= 0.6 is 11.3 Å². The normalized spacial score (nSPS) is 21.8. The van der Waals surface area contributed by atoms with E-state index in [1.807, 2.05) is 34.6 Å². The minimum absolute atomic E-state index is 0.0300. The SMILES string of the molecule is CC(C)(C)OC(=O)ON1[C@H](CCc2ccsc2)COC1(C)C. The maximum Gasteiger partial charge on any atom is 0.528 e. The van der Waals surface area contributed by atoms with Crippen LogP contribution in [0.25, 0.3) is 0 Å². The van der Waals surface area contributed by atoms with Gasteiger partial charge in [0.25, 0.3) is 0 Å². The van der Waals surface area contributed by atoms with E-state index in [0.29, 0.717) is 6.61 Å². The average Bonchev–Trinajstić information content (AvgIpc) is 2.95. The highest BCUT2D eigenvalue weighted by Gasteiger charge is 2.44. The number of aryl methyl sites for hydroxylation is 1. The van der Waals surface area contributed by atoms with E-state index in [1.165, 1.54) is 5.56 Å². The van der Waals surface area contributed by atoms with Gasteiger partial charge in [0.15, 0.2) is 0 Å². The summed E-state index contributed by atoms with van der Waals surface area (Å²) in [4.78, 5) is 17.4. The van der Waals surface area contributed by atoms with Crippen molar-refractivity contribution in [3.63, 3.8) is 0 Å². The second-order valence-corrected chi connectivity index (χ2v) is 7.74. The van der Waals surface area contributed by atoms with Gasteiger partial charge in [0.1, 0.15) is 11.3 Å². The van der Waals surface area contributed by atoms with Crippen LogP contribution in [-0.4, -0.2) is 35.2 Å². The lowest BCUT2D eigenvalue weighted by molar-refractivity contribution is -0.235. The summed E-state index contributed by atoms with van der Waals surface area (Å²) >= 11 is 1.69. The summed E-state index contributed by atoms with van der Waals surface area (Å²) < 4.78 is 11.0. The van der Waals surface area contributed by atoms with Crippen molar-refractivity contribution in [2.75, 3.05) is 6.61 Å². The fourth-order valence-electron chi connectivity index (χ4n) is 2.37. The van der Waals surface area contributed by atoms with E-state index in [4.69, 9.17) is 14.3 Å². The zero-order valence-electron chi connectivity index (χ0n) is 13.9. The first-order valence-corrected chi connectivity index (χ1v) is 8.47. The number of rotatable bonds is 4. The largest absolute Gasteiger partial charge is 0.528 e. The van der Waals surface area contributed by atoms with Crippen molar-refractivity contribution in [3.05, 3.63) is 22.4 Å². The molecular formula is C16H25NO4S. The van der Waals surface area contributed by atoms with Crippen molar-refractivity contribution >= 4 is 17.5 Å². The minimum atomic E-state index is -0.688. The molecule has 0 saturated carbocycles. The topological polar surface area (TPSA) is 48.0 Å². The van der Waals surface area contributed by atoms with Crippen molar-refractivity contribution in [1.82, 2.24) is 5.06 Å². The summed E-state index contributed by atoms with van der Waals surface area (Å²) in [6.07, 6.45) is 1.11. The number of carbonyl (C=O) groups excluding carboxylic acids is 1. The van der Waals surface area contributed by atoms with Gasteiger partial charge < -0.3 is 14.3 Å². The van der Waals surface area contributed by atoms with Gasteiger partial charge in [-0.1, -0.05) is 0 Å². The number of ether oxygens (including phenoxy) is 2. The zero-order valence-corrected chi connectivity index (χ0v) is 14.7. The second-order valence-electron chi connectivity index (χ2n) is 6.96. The van der Waals surface area contributed by atoms with Crippen molar-refractivity contribution in [2.45, 2.75) is 64.8 Å². The Labute approximate surface area is 136 Å². The molecule has 22 heavy (non-hydrogen) atoms. The molecule has 0 N–H and O–H groups in total. The van der Waals surface area contributed by atoms with Gasteiger partial charge in [-0.05, 0) is 69.9 Å². The van der Waals surface area contributed by atoms with E-state index in [2.05, 4.69) is 16.8 Å². The molecule has 1 aromatic heterocycles. The molecule has 1 fully saturated rings. The fourth-order valence-corrected chi connectivity index (χ4v) is 3.08. The van der Waals surface area contributed by atoms with Gasteiger partial charge in [0.2, 0.25) is 0 Å². The molecule has 1 aliphatic heterocycles. The number of nitrogens with zero attached hydrogens (tertiary/aromatic N) is 1. The summed E-state index contributed by atoms with van der Waals surface area (Å²) in [5, 5.41) is 5.84. The molecule has 2 rings (SSSR count). The maximum absolute atomic E-state index is 11.9. The summed E-state index contributed by atoms with van der Waals surface area (Å²) in [6.45, 7) is 9.76. The van der Waals surface area contributed by atoms with E-state index < -0.39 is 17.5 Å². The molecule has 0 unspecified atom stereocenters. The monoisotopic (exact) mass is 327 g/mol. The van der Waals surface area contributed by atoms with Gasteiger partial charge in [-0.3, -0.25) is 0 Å². The van der Waals surface area contributed by atoms with Gasteiger partial charge in [0.05, 0.1) is 12.6 Å². The zero-order chi connectivity index (χ0) is 16.4. The standard InChI is InChI=1S/C16H25NO4S/c1-15(2,3)20-14(18)21-17-13(10-19-16(17,4)5)7-6-12-8-9-22-11-12/h8-9,11,13H,6-7,10H2,1-5H3/t13-/m1/s1. The summed E-state index contributed by atoms with van der Waals surface area (Å²) in [5.41, 5.74) is 0.0800. The lowest BCUT2D eigenvalue weighted by atomic mass is 10.1. The van der Waals surface area contributed by atoms with E-state index >= 15 is 0 Å². The van der Waals surface area contributed by atoms with Crippen LogP contribution in [0.1, 0.15) is 46.6 Å². The predicted octanol–water partition coefficient (Wildman–Crippen LogP) is 3.98. The third kappa shape index (κ3) is 4.69. The molecule has 0 aromatic carbocycles. The molecule has 0 bridgehead atoms. The number of hydrogen-bond acceptors (Lipinski definition) is 6. The van der Waals surface area contributed by atoms with Crippen molar-refractivity contribution < 1.29 is 19.1 Å². The average molecular weight is 327 g/mol. The van der Waals surface area contributed by atoms with Crippen LogP contribution in [0.4, 0.5) is 4.79 Å². The van der Waals surface area contributed by atoms with E-state index in [-0.39, 0.29) is 6.04 Å². The van der Waals surface area contributed by atoms with Crippen molar-refractivity contribution in [2.24, 2.45) is 0 Å². The highest BCUT2D eigenvalue weighted by Crippen LogP contribution is 2.30. The molecule has 2 heterocycles. The Hall–Kier alpha value is -1.11. The molecule has 5 nitrogen and oxygen atoms in total. The molecule has 1 aromatic rings. The van der Waals surface area contributed by atoms with Crippen molar-refractivity contribution in [1.29, 1.82) is 0 Å². The lowest BCUT2D eigenvalue weighted by Crippen LogP contribution is -2.46. The molecular weight excluding hydrogens is 302 g/mol. The first kappa shape index (κ1) is 17.2. The fraction of sp³-hybridized carbons (Fsp3) is 0.688. The molecule has 0 radical (unpaired) electrons. The minimum Gasteiger partial charge on any atom is -0.427 e. The van der Waals surface area contributed by atoms with Crippen LogP contribution in [0, 0.1) is 0 Å². The van der Waals surface area contributed by atoms with Crippen LogP contribution < -0.4 is 0 Å². The summed E-state index contributed by atoms with van der Waals surface area (Å²) in [6, 6.07) is 2.15. The van der Waals surface area contributed by atoms with Crippen LogP contribution in [0.5, 0.6) is 0 Å². The van der Waals surface area contributed by atoms with Gasteiger partial charge in [-0.2, -0.15) is 11.3 Å². The highest BCUT2D eigenvalue weighted by molar-refractivity contribution is 7.07. The molecule has 1 aliphatic rings. The maximum atomic E-state index is 11.9. The quantitative estimate of drug-likeness (QED) is 0.783. The molecule has 124 valence electrons. The lowest BCUT2D eigenvalue weighted by Gasteiger charge is -2.32. The number of hydrogen-bond donors (Lipinski definition) is 0. The molecule has 6 heteroatoms.